The summed E-state index contributed by atoms with van der Waals surface area (Å²) in [4.78, 5) is 0. The maximum absolute atomic E-state index is 5.53. The Labute approximate surface area is 76.1 Å². The highest BCUT2D eigenvalue weighted by Gasteiger charge is 2.38. The van der Waals surface area contributed by atoms with Gasteiger partial charge in [0, 0.05) is 6.42 Å². The van der Waals surface area contributed by atoms with Gasteiger partial charge in [-0.3, -0.25) is 0 Å². The van der Waals surface area contributed by atoms with E-state index in [9.17, 15) is 0 Å². The molecule has 1 heterocycles. The molecule has 1 aliphatic rings. The minimum absolute atomic E-state index is 0.309. The summed E-state index contributed by atoms with van der Waals surface area (Å²) >= 11 is 5.53. The molecule has 0 unspecified atom stereocenters. The number of halogens is 1. The van der Waals surface area contributed by atoms with Gasteiger partial charge in [-0.1, -0.05) is 6.92 Å². The van der Waals surface area contributed by atoms with Gasteiger partial charge in [0.05, 0.1) is 0 Å². The third-order valence-corrected chi connectivity index (χ3v) is 2.53. The Hall–Kier alpha value is -0.570. The van der Waals surface area contributed by atoms with Crippen molar-refractivity contribution in [2.45, 2.75) is 32.1 Å². The molecule has 2 rings (SSSR count). The van der Waals surface area contributed by atoms with E-state index in [-0.39, 0.29) is 0 Å². The van der Waals surface area contributed by atoms with Crippen LogP contribution in [0.2, 0.25) is 0 Å². The maximum atomic E-state index is 5.53. The molecule has 0 radical (unpaired) electrons. The largest absolute Gasteiger partial charge is 0.424 e. The molecule has 4 heteroatoms. The van der Waals surface area contributed by atoms with Crippen molar-refractivity contribution in [3.05, 3.63) is 11.8 Å². The lowest BCUT2D eigenvalue weighted by Gasteiger charge is -2.00. The third-order valence-electron chi connectivity index (χ3n) is 2.30. The van der Waals surface area contributed by atoms with Crippen molar-refractivity contribution in [1.29, 1.82) is 0 Å². The fraction of sp³-hybridized carbons (Fsp3) is 0.750. The Morgan fingerprint density at radius 3 is 2.58 bits per heavy atom. The summed E-state index contributed by atoms with van der Waals surface area (Å²) in [6.45, 7) is 2.23. The minimum Gasteiger partial charge on any atom is -0.424 e. The molecule has 0 bridgehead atoms. The highest BCUT2D eigenvalue weighted by atomic mass is 35.5. The minimum atomic E-state index is 0.309. The van der Waals surface area contributed by atoms with E-state index in [4.69, 9.17) is 16.0 Å². The van der Waals surface area contributed by atoms with Gasteiger partial charge in [-0.05, 0) is 18.3 Å². The standard InChI is InChI=1S/C8H11ClN2O/c1-8(2-3-8)4-6-10-11-7(5-9)12-6/h2-5H2,1H3. The lowest BCUT2D eigenvalue weighted by Crippen LogP contribution is -1.98. The van der Waals surface area contributed by atoms with Crippen LogP contribution in [0.25, 0.3) is 0 Å². The number of rotatable bonds is 3. The van der Waals surface area contributed by atoms with E-state index >= 15 is 0 Å². The molecule has 0 N–H and O–H groups in total. The lowest BCUT2D eigenvalue weighted by atomic mass is 10.1. The molecule has 1 fully saturated rings. The van der Waals surface area contributed by atoms with E-state index < -0.39 is 0 Å². The van der Waals surface area contributed by atoms with E-state index in [1.165, 1.54) is 12.8 Å². The molecular formula is C8H11ClN2O. The zero-order valence-corrected chi connectivity index (χ0v) is 7.76. The molecule has 3 nitrogen and oxygen atoms in total. The van der Waals surface area contributed by atoms with Crippen molar-refractivity contribution in [1.82, 2.24) is 10.2 Å². The van der Waals surface area contributed by atoms with Crippen LogP contribution in [0.15, 0.2) is 4.42 Å². The Morgan fingerprint density at radius 1 is 1.42 bits per heavy atom. The van der Waals surface area contributed by atoms with Crippen LogP contribution in [0.3, 0.4) is 0 Å². The van der Waals surface area contributed by atoms with E-state index in [0.29, 0.717) is 17.2 Å². The Kier molecular flexibility index (Phi) is 1.83. The van der Waals surface area contributed by atoms with Crippen molar-refractivity contribution in [3.63, 3.8) is 0 Å². The van der Waals surface area contributed by atoms with Crippen molar-refractivity contribution in [3.8, 4) is 0 Å². The van der Waals surface area contributed by atoms with Crippen LogP contribution in [-0.4, -0.2) is 10.2 Å². The van der Waals surface area contributed by atoms with E-state index in [1.54, 1.807) is 0 Å². The van der Waals surface area contributed by atoms with E-state index in [0.717, 1.165) is 12.3 Å². The van der Waals surface area contributed by atoms with Gasteiger partial charge in [-0.2, -0.15) is 0 Å². The van der Waals surface area contributed by atoms with Gasteiger partial charge in [0.25, 0.3) is 0 Å². The fourth-order valence-electron chi connectivity index (χ4n) is 1.17. The fourth-order valence-corrected chi connectivity index (χ4v) is 1.28. The molecule has 66 valence electrons. The van der Waals surface area contributed by atoms with Crippen LogP contribution < -0.4 is 0 Å². The molecule has 12 heavy (non-hydrogen) atoms. The van der Waals surface area contributed by atoms with Crippen molar-refractivity contribution >= 4 is 11.6 Å². The normalized spacial score (nSPS) is 19.5. The third kappa shape index (κ3) is 1.61. The lowest BCUT2D eigenvalue weighted by molar-refractivity contribution is 0.416. The highest BCUT2D eigenvalue weighted by molar-refractivity contribution is 6.16. The van der Waals surface area contributed by atoms with Crippen LogP contribution in [0.5, 0.6) is 0 Å². The second-order valence-electron chi connectivity index (χ2n) is 3.71. The Morgan fingerprint density at radius 2 is 2.08 bits per heavy atom. The van der Waals surface area contributed by atoms with Gasteiger partial charge in [-0.15, -0.1) is 21.8 Å². The number of hydrogen-bond acceptors (Lipinski definition) is 3. The monoisotopic (exact) mass is 186 g/mol. The number of alkyl halides is 1. The molecule has 0 aliphatic heterocycles. The summed E-state index contributed by atoms with van der Waals surface area (Å²) in [6.07, 6.45) is 3.44. The van der Waals surface area contributed by atoms with Gasteiger partial charge < -0.3 is 4.42 Å². The predicted octanol–water partition coefficient (Wildman–Crippen LogP) is 2.15. The molecule has 1 saturated carbocycles. The van der Waals surface area contributed by atoms with Gasteiger partial charge in [0.1, 0.15) is 5.88 Å². The van der Waals surface area contributed by atoms with Crippen molar-refractivity contribution < 1.29 is 4.42 Å². The number of hydrogen-bond donors (Lipinski definition) is 0. The second kappa shape index (κ2) is 2.73. The average Bonchev–Trinajstić information content (AvgIpc) is 2.63. The summed E-state index contributed by atoms with van der Waals surface area (Å²) in [5.41, 5.74) is 0.427. The van der Waals surface area contributed by atoms with Crippen molar-refractivity contribution in [2.75, 3.05) is 0 Å². The number of aromatic nitrogens is 2. The van der Waals surface area contributed by atoms with Gasteiger partial charge >= 0.3 is 0 Å². The molecule has 0 saturated heterocycles. The number of nitrogens with zero attached hydrogens (tertiary/aromatic N) is 2. The summed E-state index contributed by atoms with van der Waals surface area (Å²) in [6, 6.07) is 0. The van der Waals surface area contributed by atoms with Gasteiger partial charge in [0.15, 0.2) is 0 Å². The van der Waals surface area contributed by atoms with Crippen molar-refractivity contribution in [2.24, 2.45) is 5.41 Å². The Balaban J connectivity index is 2.03. The first-order valence-corrected chi connectivity index (χ1v) is 4.63. The molecule has 1 aromatic heterocycles. The SMILES string of the molecule is CC1(Cc2nnc(CCl)o2)CC1. The molecule has 0 aromatic carbocycles. The summed E-state index contributed by atoms with van der Waals surface area (Å²) in [5.74, 6) is 1.56. The maximum Gasteiger partial charge on any atom is 0.231 e. The van der Waals surface area contributed by atoms with Gasteiger partial charge in [0.2, 0.25) is 11.8 Å². The summed E-state index contributed by atoms with van der Waals surface area (Å²) in [7, 11) is 0. The first-order chi connectivity index (χ1) is 5.72. The quantitative estimate of drug-likeness (QED) is 0.679. The predicted molar refractivity (Wildman–Crippen MR) is 44.9 cm³/mol. The molecule has 1 aromatic rings. The summed E-state index contributed by atoms with van der Waals surface area (Å²) in [5, 5.41) is 7.71. The molecule has 0 spiro atoms. The van der Waals surface area contributed by atoms with Crippen LogP contribution in [-0.2, 0) is 12.3 Å². The second-order valence-corrected chi connectivity index (χ2v) is 3.98. The first kappa shape index (κ1) is 8.05. The Bertz CT molecular complexity index is 280. The smallest absolute Gasteiger partial charge is 0.231 e. The van der Waals surface area contributed by atoms with Gasteiger partial charge in [-0.25, -0.2) is 0 Å². The van der Waals surface area contributed by atoms with Crippen LogP contribution in [0.1, 0.15) is 31.5 Å². The highest BCUT2D eigenvalue weighted by Crippen LogP contribution is 2.47. The van der Waals surface area contributed by atoms with E-state index in [1.807, 2.05) is 0 Å². The zero-order valence-electron chi connectivity index (χ0n) is 7.01. The summed E-state index contributed by atoms with van der Waals surface area (Å²) < 4.78 is 5.29. The molecule has 0 amide bonds. The topological polar surface area (TPSA) is 38.9 Å². The molecular weight excluding hydrogens is 176 g/mol. The van der Waals surface area contributed by atoms with Crippen LogP contribution in [0, 0.1) is 5.41 Å². The van der Waals surface area contributed by atoms with E-state index in [2.05, 4.69) is 17.1 Å². The average molecular weight is 187 g/mol. The zero-order chi connectivity index (χ0) is 8.60. The first-order valence-electron chi connectivity index (χ1n) is 4.09. The molecule has 0 atom stereocenters. The van der Waals surface area contributed by atoms with Crippen LogP contribution >= 0.6 is 11.6 Å². The molecule has 1 aliphatic carbocycles. The van der Waals surface area contributed by atoms with Crippen LogP contribution in [0.4, 0.5) is 0 Å².